The Hall–Kier alpha value is -7.58. The monoisotopic (exact) mass is 1860 g/mol. The summed E-state index contributed by atoms with van der Waals surface area (Å²) in [6.07, 6.45) is 8.31. The molecule has 0 heterocycles. The highest BCUT2D eigenvalue weighted by Crippen LogP contribution is 2.63. The van der Waals surface area contributed by atoms with Crippen molar-refractivity contribution in [3.05, 3.63) is 228 Å². The quantitative estimate of drug-likeness (QED) is 0.0451. The van der Waals surface area contributed by atoms with Crippen molar-refractivity contribution in [2.45, 2.75) is 392 Å². The van der Waals surface area contributed by atoms with E-state index in [0.29, 0.717) is 91.2 Å². The van der Waals surface area contributed by atoms with Gasteiger partial charge in [-0.2, -0.15) is 0 Å². The van der Waals surface area contributed by atoms with Gasteiger partial charge in [-0.1, -0.05) is 350 Å². The fourth-order valence-corrected chi connectivity index (χ4v) is 18.4. The molecule has 4 aliphatic carbocycles. The van der Waals surface area contributed by atoms with Crippen molar-refractivity contribution in [1.82, 2.24) is 0 Å². The molecule has 4 bridgehead atoms. The summed E-state index contributed by atoms with van der Waals surface area (Å²) in [5.74, 6) is 8.34. The fraction of sp³-hybridized carbons (Fsp3) is 0.575. The molecule has 8 aromatic rings. The minimum atomic E-state index is -0.416. The predicted molar refractivity (Wildman–Crippen MR) is 552 cm³/mol. The average Bonchev–Trinajstić information content (AvgIpc) is 0.720. The van der Waals surface area contributed by atoms with Gasteiger partial charge in [0.2, 0.25) is 0 Å². The van der Waals surface area contributed by atoms with Gasteiger partial charge >= 0.3 is 0 Å². The van der Waals surface area contributed by atoms with E-state index in [1.807, 2.05) is 106 Å². The maximum absolute atomic E-state index is 11.2. The van der Waals surface area contributed by atoms with Gasteiger partial charge in [0, 0.05) is 69.2 Å². The molecule has 0 radical (unpaired) electrons. The first-order chi connectivity index (χ1) is 58.1. The normalized spacial score (nSPS) is 16.3. The number of halogens is 3. The zero-order chi connectivity index (χ0) is 98.8. The van der Waals surface area contributed by atoms with E-state index in [1.165, 1.54) is 79.0 Å². The van der Waals surface area contributed by atoms with E-state index in [1.54, 1.807) is 12.1 Å². The second-order valence-corrected chi connectivity index (χ2v) is 48.4. The average molecular weight is 1870 g/mol. The molecular weight excluding hydrogens is 1700 g/mol. The predicted octanol–water partition coefficient (Wildman–Crippen LogP) is 34.0. The molecule has 0 aliphatic heterocycles. The Balaban J connectivity index is 0.000000310. The van der Waals surface area contributed by atoms with E-state index in [4.69, 9.17) is 23.2 Å². The Kier molecular flexibility index (Phi) is 39.4. The second kappa shape index (κ2) is 44.8. The van der Waals surface area contributed by atoms with E-state index in [-0.39, 0.29) is 72.3 Å². The third kappa shape index (κ3) is 30.8. The second-order valence-electron chi connectivity index (χ2n) is 46.6. The van der Waals surface area contributed by atoms with E-state index < -0.39 is 4.92 Å². The number of hydrogen-bond donors (Lipinski definition) is 8. The van der Waals surface area contributed by atoms with Crippen LogP contribution in [0.15, 0.2) is 114 Å². The van der Waals surface area contributed by atoms with E-state index in [2.05, 4.69) is 271 Å². The number of phenolic OH excluding ortho intramolecular Hbond substituents is 8. The molecule has 0 aromatic heterocycles. The van der Waals surface area contributed by atoms with Crippen molar-refractivity contribution in [3.63, 3.8) is 0 Å². The lowest BCUT2D eigenvalue weighted by atomic mass is 9.47. The van der Waals surface area contributed by atoms with Gasteiger partial charge in [-0.05, 0) is 263 Å². The van der Waals surface area contributed by atoms with Gasteiger partial charge in [-0.15, -0.1) is 0 Å². The van der Waals surface area contributed by atoms with Crippen LogP contribution in [0, 0.1) is 34.8 Å². The highest BCUT2D eigenvalue weighted by molar-refractivity contribution is 9.10. The first-order valence-corrected chi connectivity index (χ1v) is 48.3. The minimum Gasteiger partial charge on any atom is -0.508 e. The summed E-state index contributed by atoms with van der Waals surface area (Å²) in [4.78, 5) is 12.6. The van der Waals surface area contributed by atoms with Gasteiger partial charge in [0.05, 0.1) is 9.95 Å². The molecule has 4 aliphatic rings. The lowest BCUT2D eigenvalue weighted by Gasteiger charge is -2.57. The standard InChI is InChI=1S/C23H34O.C17H28O.C15H25NO.C13H19BrO.C13H19NO3.C13H20O.C10H14O.C9H10Cl2O/c1-14(2)19-9-18(22(3,4)5)10-20(21(19)24)23-11-15-6-16(12-23)8-17(7-15)13-23;1-11(2)13-9-12(16(3,4)5)10-14(15(13)18)17(6,7)8;1-10(2)12-8-11(16(6)7)9-13(14(12)17)15(3,4)5;1-8(2)10-6-9(14)7-11(12(10)15)13(3,4)5;1-8(2)10-6-9(14(16)17)7-11(12(10)15)13(3,4)5;1-9(2)11-8-10(13(3,4)5)6-7-12(11)14;1-7(2)9-6-4-5-8(3)10(9)11;1-5(2)7-3-6(10)4-8(11)9(7)12/h9-10,14-17,24H,6-8,11-13H2,1-5H3;9-11,18H,1-8H3;8-10,17H,1-7H3;6-8,15H,1-5H3;6-8,15H,1-5H3;6-9,14H,1-5H3;4-7,11H,1-3H3;3-5,12H,1-2H3. The van der Waals surface area contributed by atoms with Gasteiger partial charge in [0.25, 0.3) is 5.69 Å². The number of nitrogens with zero attached hydrogens (tertiary/aromatic N) is 2. The van der Waals surface area contributed by atoms with Crippen molar-refractivity contribution in [3.8, 4) is 46.0 Å². The molecular formula is C113H169BrCl2N2O10. The van der Waals surface area contributed by atoms with E-state index in [0.717, 1.165) is 89.1 Å². The Morgan fingerprint density at radius 3 is 1.07 bits per heavy atom. The Labute approximate surface area is 794 Å². The van der Waals surface area contributed by atoms with Gasteiger partial charge in [-0.3, -0.25) is 10.1 Å². The first kappa shape index (κ1) is 113. The number of nitro groups is 1. The van der Waals surface area contributed by atoms with Crippen LogP contribution in [0.3, 0.4) is 0 Å². The molecule has 4 saturated carbocycles. The van der Waals surface area contributed by atoms with Crippen LogP contribution in [0.4, 0.5) is 11.4 Å². The van der Waals surface area contributed by atoms with Crippen LogP contribution >= 0.6 is 39.1 Å². The number of rotatable bonds is 11. The third-order valence-electron chi connectivity index (χ3n) is 25.1. The van der Waals surface area contributed by atoms with Crippen molar-refractivity contribution >= 4 is 50.5 Å². The lowest BCUT2D eigenvalue weighted by molar-refractivity contribution is -0.385. The van der Waals surface area contributed by atoms with Crippen LogP contribution in [0.2, 0.25) is 10.0 Å². The molecule has 12 rings (SSSR count). The molecule has 15 heteroatoms. The molecule has 8 aromatic carbocycles. The van der Waals surface area contributed by atoms with Crippen LogP contribution in [-0.2, 0) is 43.3 Å². The summed E-state index contributed by atoms with van der Waals surface area (Å²) in [6, 6.07) is 35.1. The number of hydrogen-bond acceptors (Lipinski definition) is 11. The Bertz CT molecular complexity index is 4980. The number of aromatic hydroxyl groups is 8. The smallest absolute Gasteiger partial charge is 0.270 e. The number of aryl methyl sites for hydroxylation is 1. The molecule has 12 nitrogen and oxygen atoms in total. The molecule has 0 saturated heterocycles. The van der Waals surface area contributed by atoms with Crippen molar-refractivity contribution in [1.29, 1.82) is 0 Å². The topological polar surface area (TPSA) is 208 Å². The molecule has 0 amide bonds. The van der Waals surface area contributed by atoms with Crippen LogP contribution in [0.5, 0.6) is 46.0 Å². The minimum absolute atomic E-state index is 0.0303. The number of nitro benzene ring substituents is 1. The zero-order valence-corrected chi connectivity index (χ0v) is 89.5. The van der Waals surface area contributed by atoms with Gasteiger partial charge in [0.15, 0.2) is 0 Å². The molecule has 0 atom stereocenters. The number of benzene rings is 8. The van der Waals surface area contributed by atoms with E-state index in [9.17, 15) is 51.0 Å². The summed E-state index contributed by atoms with van der Waals surface area (Å²) >= 11 is 15.0. The Morgan fingerprint density at radius 1 is 0.367 bits per heavy atom. The Morgan fingerprint density at radius 2 is 0.703 bits per heavy atom. The molecule has 8 N–H and O–H groups in total. The number of non-ortho nitro benzene ring substituents is 1. The van der Waals surface area contributed by atoms with Gasteiger partial charge in [0.1, 0.15) is 46.0 Å². The summed E-state index contributed by atoms with van der Waals surface area (Å²) in [7, 11) is 4.06. The molecule has 0 unspecified atom stereocenters. The maximum atomic E-state index is 11.2. The van der Waals surface area contributed by atoms with Crippen LogP contribution in [0.25, 0.3) is 0 Å². The molecule has 0 spiro atoms. The number of anilines is 1. The first-order valence-electron chi connectivity index (χ1n) is 46.8. The third-order valence-corrected chi connectivity index (χ3v) is 26.1. The largest absolute Gasteiger partial charge is 0.508 e. The number of phenols is 8. The van der Waals surface area contributed by atoms with Gasteiger partial charge < -0.3 is 45.8 Å². The van der Waals surface area contributed by atoms with Crippen molar-refractivity contribution < 1.29 is 45.8 Å². The summed E-state index contributed by atoms with van der Waals surface area (Å²) in [5.41, 5.74) is 19.1. The summed E-state index contributed by atoms with van der Waals surface area (Å²) in [6.45, 7) is 80.2. The summed E-state index contributed by atoms with van der Waals surface area (Å²) in [5, 5.41) is 93.0. The maximum Gasteiger partial charge on any atom is 0.270 e. The van der Waals surface area contributed by atoms with Crippen molar-refractivity contribution in [2.24, 2.45) is 17.8 Å². The van der Waals surface area contributed by atoms with Gasteiger partial charge in [-0.25, -0.2) is 0 Å². The van der Waals surface area contributed by atoms with Crippen LogP contribution < -0.4 is 4.90 Å². The number of para-hydroxylation sites is 1. The SMILES string of the molecule is CC(C)c1cc(Br)cc(C(C)(C)C)c1O.CC(C)c1cc(C(C)(C)C)cc(C(C)(C)C)c1O.CC(C)c1cc(C(C)(C)C)cc(C23CC4CC(CC(C4)C2)C3)c1O.CC(C)c1cc(C(C)(C)C)ccc1O.CC(C)c1cc(Cl)cc(Cl)c1O.CC(C)c1cc(N(C)C)cc(C(C)(C)C)c1O.CC(C)c1cc([N+](=O)[O-])cc(C(C)(C)C)c1O.Cc1cccc(C(C)C)c1O. The molecule has 128 heavy (non-hydrogen) atoms. The van der Waals surface area contributed by atoms with Crippen molar-refractivity contribution in [2.75, 3.05) is 19.0 Å². The van der Waals surface area contributed by atoms with Crippen LogP contribution in [-0.4, -0.2) is 59.9 Å². The molecule has 4 fully saturated rings. The van der Waals surface area contributed by atoms with E-state index >= 15 is 0 Å². The fourth-order valence-electron chi connectivity index (χ4n) is 17.4. The zero-order valence-electron chi connectivity index (χ0n) is 86.4. The van der Waals surface area contributed by atoms with Crippen LogP contribution in [0.1, 0.15) is 437 Å². The highest BCUT2D eigenvalue weighted by atomic mass is 79.9. The molecule has 712 valence electrons. The lowest BCUT2D eigenvalue weighted by Crippen LogP contribution is -2.48. The highest BCUT2D eigenvalue weighted by Gasteiger charge is 2.53. The summed E-state index contributed by atoms with van der Waals surface area (Å²) < 4.78 is 1.04.